The summed E-state index contributed by atoms with van der Waals surface area (Å²) in [5.41, 5.74) is 0.752. The van der Waals surface area contributed by atoms with E-state index in [1.807, 2.05) is 6.07 Å². The first-order chi connectivity index (χ1) is 9.19. The second kappa shape index (κ2) is 6.35. The van der Waals surface area contributed by atoms with Gasteiger partial charge in [-0.25, -0.2) is 4.39 Å². The predicted octanol–water partition coefficient (Wildman–Crippen LogP) is 2.44. The van der Waals surface area contributed by atoms with E-state index in [2.05, 4.69) is 11.8 Å². The van der Waals surface area contributed by atoms with Crippen molar-refractivity contribution in [3.63, 3.8) is 0 Å². The average Bonchev–Trinajstić information content (AvgIpc) is 2.46. The number of nitrogens with zero attached hydrogens (tertiary/aromatic N) is 1. The highest BCUT2D eigenvalue weighted by atomic mass is 19.1. The molecule has 106 valence electrons. The second-order valence-corrected chi connectivity index (χ2v) is 5.26. The quantitative estimate of drug-likeness (QED) is 0.889. The van der Waals surface area contributed by atoms with Gasteiger partial charge in [-0.05, 0) is 38.0 Å². The van der Waals surface area contributed by atoms with Crippen molar-refractivity contribution >= 4 is 5.69 Å². The van der Waals surface area contributed by atoms with Crippen LogP contribution in [0.4, 0.5) is 10.1 Å². The summed E-state index contributed by atoms with van der Waals surface area (Å²) in [6.07, 6.45) is 1.71. The first-order valence-electron chi connectivity index (χ1n) is 6.88. The normalized spacial score (nSPS) is 18.3. The van der Waals surface area contributed by atoms with Crippen molar-refractivity contribution in [2.24, 2.45) is 5.41 Å². The van der Waals surface area contributed by atoms with Crippen LogP contribution in [-0.4, -0.2) is 38.0 Å². The van der Waals surface area contributed by atoms with Crippen molar-refractivity contribution < 1.29 is 14.2 Å². The van der Waals surface area contributed by atoms with Crippen LogP contribution in [0.25, 0.3) is 0 Å². The van der Waals surface area contributed by atoms with E-state index in [0.29, 0.717) is 13.2 Å². The standard InChI is InChI=1S/C15H22FNO2/c1-2-17(14-5-3-4-13(16)10-14)11-15(12-18)6-8-19-9-7-15/h3-5,10,18H,2,6-9,11-12H2,1H3. The minimum atomic E-state index is -0.221. The molecule has 3 nitrogen and oxygen atoms in total. The molecule has 2 rings (SSSR count). The maximum absolute atomic E-state index is 13.3. The molecule has 1 aromatic rings. The lowest BCUT2D eigenvalue weighted by Gasteiger charge is -2.40. The van der Waals surface area contributed by atoms with Gasteiger partial charge in [0.15, 0.2) is 0 Å². The van der Waals surface area contributed by atoms with E-state index in [-0.39, 0.29) is 17.8 Å². The maximum Gasteiger partial charge on any atom is 0.125 e. The van der Waals surface area contributed by atoms with E-state index >= 15 is 0 Å². The molecule has 0 aliphatic carbocycles. The average molecular weight is 267 g/mol. The Hall–Kier alpha value is -1.13. The summed E-state index contributed by atoms with van der Waals surface area (Å²) >= 11 is 0. The number of hydrogen-bond donors (Lipinski definition) is 1. The van der Waals surface area contributed by atoms with Crippen molar-refractivity contribution in [1.29, 1.82) is 0 Å². The van der Waals surface area contributed by atoms with Gasteiger partial charge in [0.25, 0.3) is 0 Å². The van der Waals surface area contributed by atoms with Gasteiger partial charge < -0.3 is 14.7 Å². The Morgan fingerprint density at radius 3 is 2.68 bits per heavy atom. The van der Waals surface area contributed by atoms with E-state index in [1.54, 1.807) is 12.1 Å². The zero-order valence-corrected chi connectivity index (χ0v) is 11.4. The van der Waals surface area contributed by atoms with E-state index in [4.69, 9.17) is 4.74 Å². The van der Waals surface area contributed by atoms with Gasteiger partial charge in [-0.2, -0.15) is 0 Å². The molecular weight excluding hydrogens is 245 g/mol. The summed E-state index contributed by atoms with van der Waals surface area (Å²) < 4.78 is 18.7. The molecule has 1 heterocycles. The molecule has 0 radical (unpaired) electrons. The van der Waals surface area contributed by atoms with Crippen LogP contribution in [-0.2, 0) is 4.74 Å². The Labute approximate surface area is 114 Å². The minimum Gasteiger partial charge on any atom is -0.396 e. The third kappa shape index (κ3) is 3.45. The van der Waals surface area contributed by atoms with Crippen LogP contribution >= 0.6 is 0 Å². The first-order valence-corrected chi connectivity index (χ1v) is 6.88. The van der Waals surface area contributed by atoms with Crippen molar-refractivity contribution in [2.45, 2.75) is 19.8 Å². The van der Waals surface area contributed by atoms with E-state index < -0.39 is 0 Å². The number of anilines is 1. The molecule has 0 amide bonds. The third-order valence-corrected chi connectivity index (χ3v) is 3.97. The highest BCUT2D eigenvalue weighted by Gasteiger charge is 2.33. The fourth-order valence-electron chi connectivity index (χ4n) is 2.63. The molecule has 1 N–H and O–H groups in total. The SMILES string of the molecule is CCN(CC1(CO)CCOCC1)c1cccc(F)c1. The molecule has 0 spiro atoms. The smallest absolute Gasteiger partial charge is 0.125 e. The van der Waals surface area contributed by atoms with Gasteiger partial charge in [0.05, 0.1) is 6.61 Å². The molecule has 0 aromatic heterocycles. The maximum atomic E-state index is 13.3. The zero-order valence-electron chi connectivity index (χ0n) is 11.4. The third-order valence-electron chi connectivity index (χ3n) is 3.97. The van der Waals surface area contributed by atoms with Crippen molar-refractivity contribution in [3.8, 4) is 0 Å². The number of benzene rings is 1. The van der Waals surface area contributed by atoms with Crippen LogP contribution in [0.5, 0.6) is 0 Å². The highest BCUT2D eigenvalue weighted by molar-refractivity contribution is 5.46. The van der Waals surface area contributed by atoms with Crippen molar-refractivity contribution in [1.82, 2.24) is 0 Å². The fraction of sp³-hybridized carbons (Fsp3) is 0.600. The van der Waals surface area contributed by atoms with Crippen LogP contribution in [0.15, 0.2) is 24.3 Å². The topological polar surface area (TPSA) is 32.7 Å². The molecule has 0 saturated carbocycles. The van der Waals surface area contributed by atoms with Gasteiger partial charge in [-0.1, -0.05) is 6.07 Å². The van der Waals surface area contributed by atoms with E-state index in [9.17, 15) is 9.50 Å². The molecule has 4 heteroatoms. The number of ether oxygens (including phenoxy) is 1. The molecule has 1 aliphatic heterocycles. The number of halogens is 1. The lowest BCUT2D eigenvalue weighted by molar-refractivity contribution is -0.0117. The Kier molecular flexibility index (Phi) is 4.77. The zero-order chi connectivity index (χ0) is 13.7. The summed E-state index contributed by atoms with van der Waals surface area (Å²) in [6.45, 7) is 5.14. The Balaban J connectivity index is 2.13. The van der Waals surface area contributed by atoms with Crippen LogP contribution in [0.1, 0.15) is 19.8 Å². The Bertz CT molecular complexity index is 405. The van der Waals surface area contributed by atoms with E-state index in [0.717, 1.165) is 31.6 Å². The molecule has 1 aliphatic rings. The van der Waals surface area contributed by atoms with Gasteiger partial charge in [0.2, 0.25) is 0 Å². The highest BCUT2D eigenvalue weighted by Crippen LogP contribution is 2.32. The summed E-state index contributed by atoms with van der Waals surface area (Å²) in [6, 6.07) is 6.64. The summed E-state index contributed by atoms with van der Waals surface area (Å²) in [5.74, 6) is -0.221. The van der Waals surface area contributed by atoms with Crippen molar-refractivity contribution in [2.75, 3.05) is 37.8 Å². The number of aliphatic hydroxyl groups is 1. The predicted molar refractivity (Wildman–Crippen MR) is 73.9 cm³/mol. The Morgan fingerprint density at radius 2 is 2.11 bits per heavy atom. The first kappa shape index (κ1) is 14.3. The molecule has 0 atom stereocenters. The number of hydrogen-bond acceptors (Lipinski definition) is 3. The summed E-state index contributed by atoms with van der Waals surface area (Å²) in [5, 5.41) is 9.73. The van der Waals surface area contributed by atoms with Gasteiger partial charge in [0, 0.05) is 37.4 Å². The van der Waals surface area contributed by atoms with Crippen LogP contribution < -0.4 is 4.90 Å². The number of rotatable bonds is 5. The molecule has 19 heavy (non-hydrogen) atoms. The molecule has 0 bridgehead atoms. The summed E-state index contributed by atoms with van der Waals surface area (Å²) in [4.78, 5) is 2.13. The molecule has 1 saturated heterocycles. The van der Waals surface area contributed by atoms with Crippen molar-refractivity contribution in [3.05, 3.63) is 30.1 Å². The fourth-order valence-corrected chi connectivity index (χ4v) is 2.63. The lowest BCUT2D eigenvalue weighted by atomic mass is 9.80. The monoisotopic (exact) mass is 267 g/mol. The van der Waals surface area contributed by atoms with Gasteiger partial charge in [-0.15, -0.1) is 0 Å². The molecule has 0 unspecified atom stereocenters. The molecule has 1 fully saturated rings. The second-order valence-electron chi connectivity index (χ2n) is 5.26. The lowest BCUT2D eigenvalue weighted by Crippen LogP contribution is -2.44. The van der Waals surface area contributed by atoms with Gasteiger partial charge >= 0.3 is 0 Å². The van der Waals surface area contributed by atoms with Crippen LogP contribution in [0.3, 0.4) is 0 Å². The van der Waals surface area contributed by atoms with E-state index in [1.165, 1.54) is 6.07 Å². The Morgan fingerprint density at radius 1 is 1.37 bits per heavy atom. The van der Waals surface area contributed by atoms with Gasteiger partial charge in [0.1, 0.15) is 5.82 Å². The molecular formula is C15H22FNO2. The largest absolute Gasteiger partial charge is 0.396 e. The molecule has 1 aromatic carbocycles. The number of aliphatic hydroxyl groups excluding tert-OH is 1. The van der Waals surface area contributed by atoms with Gasteiger partial charge in [-0.3, -0.25) is 0 Å². The summed E-state index contributed by atoms with van der Waals surface area (Å²) in [7, 11) is 0. The van der Waals surface area contributed by atoms with Crippen LogP contribution in [0, 0.1) is 11.2 Å². The minimum absolute atomic E-state index is 0.124. The van der Waals surface area contributed by atoms with Crippen LogP contribution in [0.2, 0.25) is 0 Å².